The normalized spacial score (nSPS) is 11.7. The van der Waals surface area contributed by atoms with Gasteiger partial charge in [0, 0.05) is 10.6 Å². The van der Waals surface area contributed by atoms with E-state index in [1.807, 2.05) is 31.2 Å². The first kappa shape index (κ1) is 23.7. The van der Waals surface area contributed by atoms with Crippen molar-refractivity contribution in [3.05, 3.63) is 78.1 Å². The molecular weight excluding hydrogens is 473 g/mol. The molecule has 0 aliphatic rings. The largest absolute Gasteiger partial charge is 0.494 e. The molecule has 1 unspecified atom stereocenters. The van der Waals surface area contributed by atoms with Gasteiger partial charge in [0.1, 0.15) is 11.6 Å². The van der Waals surface area contributed by atoms with Gasteiger partial charge in [-0.2, -0.15) is 0 Å². The first-order chi connectivity index (χ1) is 16.4. The molecule has 34 heavy (non-hydrogen) atoms. The van der Waals surface area contributed by atoms with Crippen molar-refractivity contribution in [3.63, 3.8) is 0 Å². The van der Waals surface area contributed by atoms with E-state index in [0.717, 1.165) is 20.9 Å². The molecule has 0 aliphatic heterocycles. The number of halogens is 1. The predicted octanol–water partition coefficient (Wildman–Crippen LogP) is 6.21. The second-order valence-corrected chi connectivity index (χ2v) is 9.74. The maximum absolute atomic E-state index is 13.9. The Morgan fingerprint density at radius 2 is 1.91 bits per heavy atom. The lowest BCUT2D eigenvalue weighted by molar-refractivity contribution is -0.115. The SMILES string of the molecule is CCOc1ccc2nc(NC(=O)C(C)Sc3cccc(NC(=O)c4ccccc4F)c3)sc2c1. The average molecular weight is 496 g/mol. The number of nitrogens with zero attached hydrogens (tertiary/aromatic N) is 1. The van der Waals surface area contributed by atoms with E-state index in [0.29, 0.717) is 17.4 Å². The van der Waals surface area contributed by atoms with Crippen LogP contribution in [0.1, 0.15) is 24.2 Å². The number of rotatable bonds is 8. The minimum atomic E-state index is -0.584. The highest BCUT2D eigenvalue weighted by Gasteiger charge is 2.17. The van der Waals surface area contributed by atoms with Crippen LogP contribution < -0.4 is 15.4 Å². The van der Waals surface area contributed by atoms with E-state index in [2.05, 4.69) is 15.6 Å². The summed E-state index contributed by atoms with van der Waals surface area (Å²) in [4.78, 5) is 30.4. The highest BCUT2D eigenvalue weighted by molar-refractivity contribution is 8.00. The highest BCUT2D eigenvalue weighted by Crippen LogP contribution is 2.31. The lowest BCUT2D eigenvalue weighted by atomic mass is 10.2. The van der Waals surface area contributed by atoms with Gasteiger partial charge >= 0.3 is 0 Å². The number of benzene rings is 3. The van der Waals surface area contributed by atoms with Gasteiger partial charge in [-0.05, 0) is 62.4 Å². The van der Waals surface area contributed by atoms with Gasteiger partial charge in [-0.1, -0.05) is 29.5 Å². The number of ether oxygens (including phenoxy) is 1. The fraction of sp³-hybridized carbons (Fsp3) is 0.160. The first-order valence-corrected chi connectivity index (χ1v) is 12.3. The molecule has 174 valence electrons. The molecule has 1 atom stereocenters. The van der Waals surface area contributed by atoms with Crippen LogP contribution in [0, 0.1) is 5.82 Å². The molecule has 4 aromatic rings. The van der Waals surface area contributed by atoms with Gasteiger partial charge in [-0.25, -0.2) is 9.37 Å². The molecule has 0 spiro atoms. The molecule has 0 aliphatic carbocycles. The van der Waals surface area contributed by atoms with Crippen molar-refractivity contribution >= 4 is 55.9 Å². The zero-order chi connectivity index (χ0) is 24.1. The van der Waals surface area contributed by atoms with E-state index in [1.54, 1.807) is 31.2 Å². The van der Waals surface area contributed by atoms with Gasteiger partial charge in [-0.3, -0.25) is 9.59 Å². The summed E-state index contributed by atoms with van der Waals surface area (Å²) in [5.41, 5.74) is 1.28. The average Bonchev–Trinajstić information content (AvgIpc) is 3.21. The molecular formula is C25H22FN3O3S2. The molecule has 2 N–H and O–H groups in total. The number of nitrogens with one attached hydrogen (secondary N) is 2. The monoisotopic (exact) mass is 495 g/mol. The summed E-state index contributed by atoms with van der Waals surface area (Å²) < 4.78 is 20.3. The molecule has 0 saturated carbocycles. The van der Waals surface area contributed by atoms with Crippen LogP contribution in [0.5, 0.6) is 5.75 Å². The van der Waals surface area contributed by atoms with Crippen molar-refractivity contribution in [2.75, 3.05) is 17.2 Å². The maximum atomic E-state index is 13.9. The Bertz CT molecular complexity index is 1340. The Morgan fingerprint density at radius 1 is 1.09 bits per heavy atom. The fourth-order valence-electron chi connectivity index (χ4n) is 3.17. The van der Waals surface area contributed by atoms with Crippen molar-refractivity contribution in [2.45, 2.75) is 24.0 Å². The van der Waals surface area contributed by atoms with Crippen molar-refractivity contribution in [3.8, 4) is 5.75 Å². The van der Waals surface area contributed by atoms with Crippen molar-refractivity contribution in [1.29, 1.82) is 0 Å². The summed E-state index contributed by atoms with van der Waals surface area (Å²) in [5, 5.41) is 5.68. The van der Waals surface area contributed by atoms with Crippen LogP contribution in [0.2, 0.25) is 0 Å². The van der Waals surface area contributed by atoms with E-state index in [-0.39, 0.29) is 11.5 Å². The number of thioether (sulfide) groups is 1. The standard InChI is InChI=1S/C25H22FN3O3S2/c1-3-32-17-11-12-21-22(14-17)34-25(28-21)29-23(30)15(2)33-18-8-6-7-16(13-18)27-24(31)19-9-4-5-10-20(19)26/h4-15H,3H2,1-2H3,(H,27,31)(H,28,29,30). The maximum Gasteiger partial charge on any atom is 0.258 e. The number of amides is 2. The van der Waals surface area contributed by atoms with Crippen LogP contribution in [0.4, 0.5) is 15.2 Å². The Labute approximate surface area is 204 Å². The third-order valence-corrected chi connectivity index (χ3v) is 6.82. The summed E-state index contributed by atoms with van der Waals surface area (Å²) in [6.07, 6.45) is 0. The molecule has 0 radical (unpaired) electrons. The van der Waals surface area contributed by atoms with Crippen molar-refractivity contribution in [2.24, 2.45) is 0 Å². The van der Waals surface area contributed by atoms with Gasteiger partial charge in [-0.15, -0.1) is 11.8 Å². The summed E-state index contributed by atoms with van der Waals surface area (Å²) in [5.74, 6) is -0.536. The van der Waals surface area contributed by atoms with Crippen LogP contribution in [-0.4, -0.2) is 28.7 Å². The molecule has 3 aromatic carbocycles. The molecule has 6 nitrogen and oxygen atoms in total. The van der Waals surface area contributed by atoms with Gasteiger partial charge in [0.2, 0.25) is 5.91 Å². The minimum absolute atomic E-state index is 0.0301. The summed E-state index contributed by atoms with van der Waals surface area (Å²) in [6, 6.07) is 18.5. The van der Waals surface area contributed by atoms with Crippen LogP contribution >= 0.6 is 23.1 Å². The number of thiazole rings is 1. The van der Waals surface area contributed by atoms with Crippen LogP contribution in [0.25, 0.3) is 10.2 Å². The highest BCUT2D eigenvalue weighted by atomic mass is 32.2. The minimum Gasteiger partial charge on any atom is -0.494 e. The molecule has 4 rings (SSSR count). The smallest absolute Gasteiger partial charge is 0.258 e. The topological polar surface area (TPSA) is 80.3 Å². The summed E-state index contributed by atoms with van der Waals surface area (Å²) >= 11 is 2.73. The second kappa shape index (κ2) is 10.7. The number of carbonyl (C=O) groups excluding carboxylic acids is 2. The molecule has 2 amide bonds. The lowest BCUT2D eigenvalue weighted by Crippen LogP contribution is -2.22. The molecule has 0 saturated heterocycles. The fourth-order valence-corrected chi connectivity index (χ4v) is 4.99. The predicted molar refractivity (Wildman–Crippen MR) is 136 cm³/mol. The quantitative estimate of drug-likeness (QED) is 0.284. The third kappa shape index (κ3) is 5.73. The number of carbonyl (C=O) groups is 2. The van der Waals surface area contributed by atoms with E-state index < -0.39 is 17.0 Å². The number of hydrogen-bond acceptors (Lipinski definition) is 6. The molecule has 1 aromatic heterocycles. The van der Waals surface area contributed by atoms with Gasteiger partial charge in [0.25, 0.3) is 5.91 Å². The van der Waals surface area contributed by atoms with Gasteiger partial charge in [0.15, 0.2) is 5.13 Å². The van der Waals surface area contributed by atoms with E-state index in [9.17, 15) is 14.0 Å². The number of anilines is 2. The molecule has 1 heterocycles. The van der Waals surface area contributed by atoms with Crippen molar-refractivity contribution in [1.82, 2.24) is 4.98 Å². The van der Waals surface area contributed by atoms with Gasteiger partial charge < -0.3 is 15.4 Å². The van der Waals surface area contributed by atoms with Crippen LogP contribution in [-0.2, 0) is 4.79 Å². The Hall–Kier alpha value is -3.43. The van der Waals surface area contributed by atoms with E-state index >= 15 is 0 Å². The molecule has 0 bridgehead atoms. The number of hydrogen-bond donors (Lipinski definition) is 2. The zero-order valence-electron chi connectivity index (χ0n) is 18.5. The summed E-state index contributed by atoms with van der Waals surface area (Å²) in [7, 11) is 0. The third-order valence-electron chi connectivity index (χ3n) is 4.79. The van der Waals surface area contributed by atoms with Crippen molar-refractivity contribution < 1.29 is 18.7 Å². The number of fused-ring (bicyclic) bond motifs is 1. The lowest BCUT2D eigenvalue weighted by Gasteiger charge is -2.12. The Balaban J connectivity index is 1.39. The Kier molecular flexibility index (Phi) is 7.44. The van der Waals surface area contributed by atoms with E-state index in [1.165, 1.54) is 41.3 Å². The van der Waals surface area contributed by atoms with Gasteiger partial charge in [0.05, 0.1) is 27.6 Å². The number of aromatic nitrogens is 1. The molecule has 9 heteroatoms. The second-order valence-electron chi connectivity index (χ2n) is 7.29. The zero-order valence-corrected chi connectivity index (χ0v) is 20.1. The van der Waals surface area contributed by atoms with Crippen LogP contribution in [0.15, 0.2) is 71.6 Å². The summed E-state index contributed by atoms with van der Waals surface area (Å²) in [6.45, 7) is 4.30. The molecule has 0 fully saturated rings. The van der Waals surface area contributed by atoms with E-state index in [4.69, 9.17) is 4.74 Å². The van der Waals surface area contributed by atoms with Crippen LogP contribution in [0.3, 0.4) is 0 Å². The first-order valence-electron chi connectivity index (χ1n) is 10.6. The Morgan fingerprint density at radius 3 is 2.71 bits per heavy atom.